The minimum Gasteiger partial charge on any atom is -0.462 e. The molecule has 2 aromatic carbocycles. The predicted molar refractivity (Wildman–Crippen MR) is 111 cm³/mol. The molecule has 0 fully saturated rings. The number of carbonyl (C=O) groups is 2. The Kier molecular flexibility index (Phi) is 8.73. The smallest absolute Gasteiger partial charge is 0.343 e. The molecule has 0 bridgehead atoms. The van der Waals surface area contributed by atoms with Gasteiger partial charge in [-0.15, -0.1) is 0 Å². The summed E-state index contributed by atoms with van der Waals surface area (Å²) < 4.78 is 10.8. The first-order valence-corrected chi connectivity index (χ1v) is 10.1. The summed E-state index contributed by atoms with van der Waals surface area (Å²) in [7, 11) is 0. The summed E-state index contributed by atoms with van der Waals surface area (Å²) in [6.07, 6.45) is 5.53. The van der Waals surface area contributed by atoms with E-state index in [-0.39, 0.29) is 11.9 Å². The first kappa shape index (κ1) is 21.7. The highest BCUT2D eigenvalue weighted by Crippen LogP contribution is 2.26. The molecule has 2 rings (SSSR count). The van der Waals surface area contributed by atoms with Gasteiger partial charge in [-0.3, -0.25) is 0 Å². The Balaban J connectivity index is 1.89. The van der Waals surface area contributed by atoms with Crippen molar-refractivity contribution in [3.63, 3.8) is 0 Å². The Hall–Kier alpha value is -2.62. The topological polar surface area (TPSA) is 52.6 Å². The van der Waals surface area contributed by atoms with Crippen molar-refractivity contribution < 1.29 is 19.1 Å². The quantitative estimate of drug-likeness (QED) is 0.281. The van der Waals surface area contributed by atoms with Gasteiger partial charge in [0.1, 0.15) is 5.75 Å². The molecular formula is C24H30O4. The van der Waals surface area contributed by atoms with E-state index in [0.29, 0.717) is 23.5 Å². The Labute approximate surface area is 167 Å². The van der Waals surface area contributed by atoms with Crippen LogP contribution >= 0.6 is 0 Å². The lowest BCUT2D eigenvalue weighted by molar-refractivity contribution is 0.0497. The van der Waals surface area contributed by atoms with E-state index in [1.807, 2.05) is 18.2 Å². The Morgan fingerprint density at radius 2 is 1.43 bits per heavy atom. The van der Waals surface area contributed by atoms with Crippen LogP contribution in [0.3, 0.4) is 0 Å². The molecule has 4 nitrogen and oxygen atoms in total. The van der Waals surface area contributed by atoms with E-state index < -0.39 is 5.97 Å². The van der Waals surface area contributed by atoms with Crippen LogP contribution in [0.15, 0.2) is 48.5 Å². The monoisotopic (exact) mass is 382 g/mol. The molecule has 150 valence electrons. The van der Waals surface area contributed by atoms with Crippen LogP contribution in [0, 0.1) is 0 Å². The molecule has 0 radical (unpaired) electrons. The molecule has 0 saturated carbocycles. The van der Waals surface area contributed by atoms with Crippen molar-refractivity contribution in [2.45, 2.75) is 58.8 Å². The molecule has 0 aromatic heterocycles. The molecule has 4 heteroatoms. The first-order valence-electron chi connectivity index (χ1n) is 10.1. The van der Waals surface area contributed by atoms with Crippen LogP contribution < -0.4 is 4.74 Å². The van der Waals surface area contributed by atoms with Crippen LogP contribution in [0.5, 0.6) is 5.75 Å². The van der Waals surface area contributed by atoms with Crippen molar-refractivity contribution in [2.75, 3.05) is 6.61 Å². The molecule has 0 unspecified atom stereocenters. The highest BCUT2D eigenvalue weighted by atomic mass is 16.5. The summed E-state index contributed by atoms with van der Waals surface area (Å²) in [5, 5.41) is 0. The number of carbonyl (C=O) groups excluding carboxylic acids is 2. The van der Waals surface area contributed by atoms with Gasteiger partial charge < -0.3 is 9.47 Å². The molecule has 0 aliphatic carbocycles. The third-order valence-electron chi connectivity index (χ3n) is 4.58. The lowest BCUT2D eigenvalue weighted by Gasteiger charge is -2.12. The van der Waals surface area contributed by atoms with Gasteiger partial charge in [0.2, 0.25) is 0 Å². The van der Waals surface area contributed by atoms with E-state index in [2.05, 4.69) is 20.8 Å². The third kappa shape index (κ3) is 6.52. The van der Waals surface area contributed by atoms with E-state index in [1.165, 1.54) is 19.3 Å². The predicted octanol–water partition coefficient (Wildman–Crippen LogP) is 6.16. The van der Waals surface area contributed by atoms with Gasteiger partial charge in [-0.05, 0) is 48.2 Å². The fraction of sp³-hybridized carbons (Fsp3) is 0.417. The zero-order chi connectivity index (χ0) is 20.4. The number of hydrogen-bond acceptors (Lipinski definition) is 4. The maximum atomic E-state index is 12.4. The standard InChI is InChI=1S/C24H30O4/c1-4-5-6-7-10-17-27-23(25)19-13-15-20(16-14-19)24(26)28-22-12-9-8-11-21(22)18(2)3/h8-9,11-16,18H,4-7,10,17H2,1-3H3. The second-order valence-corrected chi connectivity index (χ2v) is 7.21. The summed E-state index contributed by atoms with van der Waals surface area (Å²) in [5.41, 5.74) is 1.82. The van der Waals surface area contributed by atoms with Crippen molar-refractivity contribution in [2.24, 2.45) is 0 Å². The van der Waals surface area contributed by atoms with Crippen LogP contribution in [0.4, 0.5) is 0 Å². The summed E-state index contributed by atoms with van der Waals surface area (Å²) in [6, 6.07) is 13.9. The maximum Gasteiger partial charge on any atom is 0.343 e. The average molecular weight is 383 g/mol. The van der Waals surface area contributed by atoms with Crippen molar-refractivity contribution in [1.29, 1.82) is 0 Å². The first-order chi connectivity index (χ1) is 13.5. The molecule has 0 atom stereocenters. The van der Waals surface area contributed by atoms with Crippen molar-refractivity contribution >= 4 is 11.9 Å². The molecule has 0 heterocycles. The van der Waals surface area contributed by atoms with Gasteiger partial charge in [-0.1, -0.05) is 64.7 Å². The Bertz CT molecular complexity index is 762. The van der Waals surface area contributed by atoms with E-state index in [0.717, 1.165) is 18.4 Å². The molecule has 0 aliphatic rings. The van der Waals surface area contributed by atoms with Crippen LogP contribution in [0.2, 0.25) is 0 Å². The fourth-order valence-corrected chi connectivity index (χ4v) is 2.91. The zero-order valence-electron chi connectivity index (χ0n) is 17.1. The van der Waals surface area contributed by atoms with Gasteiger partial charge in [0, 0.05) is 0 Å². The summed E-state index contributed by atoms with van der Waals surface area (Å²) in [4.78, 5) is 24.5. The van der Waals surface area contributed by atoms with Gasteiger partial charge >= 0.3 is 11.9 Å². The second-order valence-electron chi connectivity index (χ2n) is 7.21. The highest BCUT2D eigenvalue weighted by Gasteiger charge is 2.14. The van der Waals surface area contributed by atoms with Crippen molar-refractivity contribution in [3.05, 3.63) is 65.2 Å². The molecular weight excluding hydrogens is 352 g/mol. The van der Waals surface area contributed by atoms with Crippen molar-refractivity contribution in [1.82, 2.24) is 0 Å². The third-order valence-corrected chi connectivity index (χ3v) is 4.58. The molecule has 0 N–H and O–H groups in total. The van der Waals surface area contributed by atoms with Crippen LogP contribution in [0.1, 0.15) is 85.1 Å². The maximum absolute atomic E-state index is 12.4. The number of para-hydroxylation sites is 1. The molecule has 0 saturated heterocycles. The second kappa shape index (κ2) is 11.3. The van der Waals surface area contributed by atoms with Gasteiger partial charge in [0.25, 0.3) is 0 Å². The average Bonchev–Trinajstić information content (AvgIpc) is 2.70. The molecule has 0 spiro atoms. The Morgan fingerprint density at radius 1 is 0.821 bits per heavy atom. The summed E-state index contributed by atoms with van der Waals surface area (Å²) in [6.45, 7) is 6.70. The lowest BCUT2D eigenvalue weighted by atomic mass is 10.0. The van der Waals surface area contributed by atoms with E-state index >= 15 is 0 Å². The molecule has 0 aliphatic heterocycles. The summed E-state index contributed by atoms with van der Waals surface area (Å²) >= 11 is 0. The minimum atomic E-state index is -0.441. The molecule has 2 aromatic rings. The van der Waals surface area contributed by atoms with Gasteiger partial charge in [-0.25, -0.2) is 9.59 Å². The van der Waals surface area contributed by atoms with Crippen LogP contribution in [0.25, 0.3) is 0 Å². The number of ether oxygens (including phenoxy) is 2. The highest BCUT2D eigenvalue weighted by molar-refractivity contribution is 5.94. The lowest BCUT2D eigenvalue weighted by Crippen LogP contribution is -2.11. The zero-order valence-corrected chi connectivity index (χ0v) is 17.1. The van der Waals surface area contributed by atoms with Gasteiger partial charge in [-0.2, -0.15) is 0 Å². The molecule has 28 heavy (non-hydrogen) atoms. The Morgan fingerprint density at radius 3 is 2.07 bits per heavy atom. The van der Waals surface area contributed by atoms with E-state index in [1.54, 1.807) is 30.3 Å². The molecule has 0 amide bonds. The van der Waals surface area contributed by atoms with Crippen LogP contribution in [-0.4, -0.2) is 18.5 Å². The van der Waals surface area contributed by atoms with Gasteiger partial charge in [0.05, 0.1) is 17.7 Å². The van der Waals surface area contributed by atoms with E-state index in [4.69, 9.17) is 9.47 Å². The summed E-state index contributed by atoms with van der Waals surface area (Å²) in [5.74, 6) is 0.0154. The number of unbranched alkanes of at least 4 members (excludes halogenated alkanes) is 4. The SMILES string of the molecule is CCCCCCCOC(=O)c1ccc(C(=O)Oc2ccccc2C(C)C)cc1. The minimum absolute atomic E-state index is 0.253. The van der Waals surface area contributed by atoms with Gasteiger partial charge in [0.15, 0.2) is 0 Å². The van der Waals surface area contributed by atoms with E-state index in [9.17, 15) is 9.59 Å². The largest absolute Gasteiger partial charge is 0.462 e. The number of esters is 2. The fourth-order valence-electron chi connectivity index (χ4n) is 2.91. The number of hydrogen-bond donors (Lipinski definition) is 0. The number of benzene rings is 2. The normalized spacial score (nSPS) is 10.7. The van der Waals surface area contributed by atoms with Crippen molar-refractivity contribution in [3.8, 4) is 5.75 Å². The number of rotatable bonds is 10. The van der Waals surface area contributed by atoms with Crippen LogP contribution in [-0.2, 0) is 4.74 Å².